The smallest absolute Gasteiger partial charge is 0.271 e. The largest absolute Gasteiger partial charge is 0.416 e. The van der Waals surface area contributed by atoms with Crippen LogP contribution in [0.15, 0.2) is 22.7 Å². The number of rotatable bonds is 4. The van der Waals surface area contributed by atoms with Crippen LogP contribution in [-0.4, -0.2) is 0 Å². The van der Waals surface area contributed by atoms with Crippen molar-refractivity contribution in [2.45, 2.75) is 32.0 Å². The molecule has 0 aliphatic rings. The lowest BCUT2D eigenvalue weighted by molar-refractivity contribution is -0.138. The van der Waals surface area contributed by atoms with Crippen molar-refractivity contribution in [1.82, 2.24) is 5.43 Å². The Kier molecular flexibility index (Phi) is 5.85. The number of nitrogens with one attached hydrogen (secondary N) is 1. The Bertz CT molecular complexity index is 489. The third-order valence-corrected chi connectivity index (χ3v) is 3.13. The van der Waals surface area contributed by atoms with Gasteiger partial charge in [0.25, 0.3) is 0 Å². The summed E-state index contributed by atoms with van der Waals surface area (Å²) < 4.78 is 39.4. The van der Waals surface area contributed by atoms with Gasteiger partial charge in [0.15, 0.2) is 0 Å². The van der Waals surface area contributed by atoms with E-state index in [1.807, 2.05) is 0 Å². The van der Waals surface area contributed by atoms with Gasteiger partial charge in [0.05, 0.1) is 5.56 Å². The second-order valence-corrected chi connectivity index (χ2v) is 4.83. The average Bonchev–Trinajstić information content (AvgIpc) is 2.34. The van der Waals surface area contributed by atoms with Crippen LogP contribution in [0.4, 0.5) is 13.2 Å². The van der Waals surface area contributed by atoms with E-state index in [-0.39, 0.29) is 5.56 Å². The molecule has 1 atom stereocenters. The third kappa shape index (κ3) is 4.53. The maximum atomic E-state index is 13.0. The molecule has 2 nitrogen and oxygen atoms in total. The van der Waals surface area contributed by atoms with Crippen molar-refractivity contribution in [1.29, 1.82) is 0 Å². The van der Waals surface area contributed by atoms with Gasteiger partial charge in [0.2, 0.25) is 0 Å². The normalized spacial score (nSPS) is 12.7. The van der Waals surface area contributed by atoms with E-state index in [9.17, 15) is 13.2 Å². The Morgan fingerprint density at radius 3 is 2.63 bits per heavy atom. The fraction of sp³-hybridized carbons (Fsp3) is 0.385. The molecule has 0 spiro atoms. The lowest BCUT2D eigenvalue weighted by Crippen LogP contribution is -2.29. The van der Waals surface area contributed by atoms with Gasteiger partial charge in [0.1, 0.15) is 0 Å². The predicted molar refractivity (Wildman–Crippen MR) is 71.9 cm³/mol. The summed E-state index contributed by atoms with van der Waals surface area (Å²) in [6.45, 7) is 1.69. The highest BCUT2D eigenvalue weighted by Crippen LogP contribution is 2.37. The summed E-state index contributed by atoms with van der Waals surface area (Å²) in [5.41, 5.74) is 1.88. The third-order valence-electron chi connectivity index (χ3n) is 2.63. The highest BCUT2D eigenvalue weighted by molar-refractivity contribution is 9.10. The van der Waals surface area contributed by atoms with E-state index in [1.165, 1.54) is 6.07 Å². The Balaban J connectivity index is 3.11. The number of hydrogen-bond acceptors (Lipinski definition) is 2. The van der Waals surface area contributed by atoms with E-state index in [2.05, 4.69) is 33.2 Å². The number of alkyl halides is 3. The molecule has 0 heterocycles. The Morgan fingerprint density at radius 2 is 2.11 bits per heavy atom. The molecule has 0 radical (unpaired) electrons. The highest BCUT2D eigenvalue weighted by Gasteiger charge is 2.35. The molecule has 0 saturated carbocycles. The van der Waals surface area contributed by atoms with Crippen molar-refractivity contribution in [3.05, 3.63) is 33.8 Å². The van der Waals surface area contributed by atoms with Crippen LogP contribution in [0, 0.1) is 11.8 Å². The molecule has 0 aliphatic carbocycles. The summed E-state index contributed by atoms with van der Waals surface area (Å²) in [6, 6.07) is 3.48. The zero-order chi connectivity index (χ0) is 14.5. The van der Waals surface area contributed by atoms with Crippen molar-refractivity contribution < 1.29 is 13.2 Å². The molecule has 0 fully saturated rings. The summed E-state index contributed by atoms with van der Waals surface area (Å²) in [5.74, 6) is 10.9. The zero-order valence-electron chi connectivity index (χ0n) is 10.3. The van der Waals surface area contributed by atoms with E-state index in [4.69, 9.17) is 5.84 Å². The van der Waals surface area contributed by atoms with E-state index in [1.54, 1.807) is 13.0 Å². The number of hydrazine groups is 1. The summed E-state index contributed by atoms with van der Waals surface area (Å²) in [5, 5.41) is 0. The van der Waals surface area contributed by atoms with Gasteiger partial charge < -0.3 is 0 Å². The van der Waals surface area contributed by atoms with Gasteiger partial charge in [-0.1, -0.05) is 22.0 Å². The van der Waals surface area contributed by atoms with Crippen LogP contribution in [0.2, 0.25) is 0 Å². The molecule has 1 aromatic rings. The molecule has 1 unspecified atom stereocenters. The van der Waals surface area contributed by atoms with Crippen LogP contribution in [0.5, 0.6) is 0 Å². The maximum Gasteiger partial charge on any atom is 0.416 e. The molecule has 104 valence electrons. The van der Waals surface area contributed by atoms with Crippen LogP contribution in [0.25, 0.3) is 0 Å². The molecular weight excluding hydrogens is 321 g/mol. The van der Waals surface area contributed by atoms with E-state index in [0.29, 0.717) is 17.3 Å². The lowest BCUT2D eigenvalue weighted by Gasteiger charge is -2.20. The van der Waals surface area contributed by atoms with Crippen molar-refractivity contribution in [2.24, 2.45) is 5.84 Å². The van der Waals surface area contributed by atoms with Gasteiger partial charge >= 0.3 is 6.18 Å². The zero-order valence-corrected chi connectivity index (χ0v) is 11.9. The SMILES string of the molecule is CC#CCCC(NN)c1ccc(Br)cc1C(F)(F)F. The van der Waals surface area contributed by atoms with Crippen LogP contribution in [0.1, 0.15) is 36.9 Å². The van der Waals surface area contributed by atoms with Crippen LogP contribution < -0.4 is 11.3 Å². The number of nitrogens with two attached hydrogens (primary N) is 1. The minimum absolute atomic E-state index is 0.135. The van der Waals surface area contributed by atoms with Crippen molar-refractivity contribution in [2.75, 3.05) is 0 Å². The van der Waals surface area contributed by atoms with Crippen molar-refractivity contribution in [3.8, 4) is 11.8 Å². The standard InChI is InChI=1S/C13H14BrF3N2/c1-2-3-4-5-12(19-18)10-7-6-9(14)8-11(10)13(15,16)17/h6-8,12,19H,4-5,18H2,1H3. The first kappa shape index (κ1) is 16.0. The topological polar surface area (TPSA) is 38.0 Å². The van der Waals surface area contributed by atoms with E-state index >= 15 is 0 Å². The molecule has 1 rings (SSSR count). The van der Waals surface area contributed by atoms with Crippen LogP contribution in [0.3, 0.4) is 0 Å². The lowest BCUT2D eigenvalue weighted by atomic mass is 9.97. The highest BCUT2D eigenvalue weighted by atomic mass is 79.9. The first-order valence-corrected chi connectivity index (χ1v) is 6.41. The van der Waals surface area contributed by atoms with Gasteiger partial charge in [0, 0.05) is 16.9 Å². The molecule has 6 heteroatoms. The minimum atomic E-state index is -4.41. The molecule has 3 N–H and O–H groups in total. The van der Waals surface area contributed by atoms with E-state index < -0.39 is 17.8 Å². The fourth-order valence-electron chi connectivity index (χ4n) is 1.75. The summed E-state index contributed by atoms with van der Waals surface area (Å²) in [4.78, 5) is 0. The Labute approximate surface area is 118 Å². The predicted octanol–water partition coefficient (Wildman–Crippen LogP) is 3.78. The average molecular weight is 335 g/mol. The second kappa shape index (κ2) is 6.94. The van der Waals surface area contributed by atoms with Crippen LogP contribution >= 0.6 is 15.9 Å². The van der Waals surface area contributed by atoms with Gasteiger partial charge in [-0.15, -0.1) is 11.8 Å². The van der Waals surface area contributed by atoms with Gasteiger partial charge in [-0.3, -0.25) is 11.3 Å². The molecule has 19 heavy (non-hydrogen) atoms. The number of halogens is 4. The number of hydrogen-bond donors (Lipinski definition) is 2. The molecule has 0 aliphatic heterocycles. The minimum Gasteiger partial charge on any atom is -0.271 e. The Morgan fingerprint density at radius 1 is 1.42 bits per heavy atom. The molecule has 0 amide bonds. The van der Waals surface area contributed by atoms with Crippen LogP contribution in [-0.2, 0) is 6.18 Å². The summed E-state index contributed by atoms with van der Waals surface area (Å²) >= 11 is 3.05. The quantitative estimate of drug-likeness (QED) is 0.499. The first-order valence-electron chi connectivity index (χ1n) is 5.62. The van der Waals surface area contributed by atoms with E-state index in [0.717, 1.165) is 6.07 Å². The second-order valence-electron chi connectivity index (χ2n) is 3.91. The molecule has 0 aromatic heterocycles. The molecular formula is C13H14BrF3N2. The molecule has 1 aromatic carbocycles. The first-order chi connectivity index (χ1) is 8.90. The van der Waals surface area contributed by atoms with Crippen molar-refractivity contribution >= 4 is 15.9 Å². The maximum absolute atomic E-state index is 13.0. The molecule has 0 saturated heterocycles. The van der Waals surface area contributed by atoms with Gasteiger partial charge in [-0.2, -0.15) is 13.2 Å². The fourth-order valence-corrected chi connectivity index (χ4v) is 2.11. The number of benzene rings is 1. The van der Waals surface area contributed by atoms with Gasteiger partial charge in [-0.05, 0) is 31.0 Å². The Hall–Kier alpha value is -1.03. The van der Waals surface area contributed by atoms with Crippen molar-refractivity contribution in [3.63, 3.8) is 0 Å². The van der Waals surface area contributed by atoms with Gasteiger partial charge in [-0.25, -0.2) is 0 Å². The summed E-state index contributed by atoms with van der Waals surface area (Å²) in [7, 11) is 0. The summed E-state index contributed by atoms with van der Waals surface area (Å²) in [6.07, 6.45) is -3.51. The molecule has 0 bridgehead atoms. The monoisotopic (exact) mass is 334 g/mol.